The van der Waals surface area contributed by atoms with E-state index in [1.807, 2.05) is 6.92 Å². The Hall–Kier alpha value is 1.18. The third-order valence-electron chi connectivity index (χ3n) is 0.584. The van der Waals surface area contributed by atoms with Gasteiger partial charge in [-0.2, -0.15) is 0 Å². The summed E-state index contributed by atoms with van der Waals surface area (Å²) in [6.07, 6.45) is 1.03. The first-order valence-electron chi connectivity index (χ1n) is 2.60. The van der Waals surface area contributed by atoms with Crippen molar-refractivity contribution in [2.24, 2.45) is 0 Å². The monoisotopic (exact) mass is 146 g/mol. The molecule has 0 spiro atoms. The summed E-state index contributed by atoms with van der Waals surface area (Å²) in [7, 11) is 0. The van der Waals surface area contributed by atoms with Crippen LogP contribution in [0.5, 0.6) is 0 Å². The molecule has 0 rings (SSSR count). The van der Waals surface area contributed by atoms with Crippen molar-refractivity contribution < 1.29 is 9.84 Å². The number of hydrogen-bond donors (Lipinski definition) is 1. The van der Waals surface area contributed by atoms with Crippen LogP contribution in [0.3, 0.4) is 0 Å². The average Bonchev–Trinajstić information content (AvgIpc) is 1.69. The van der Waals surface area contributed by atoms with Crippen LogP contribution in [0, 0.1) is 0 Å². The van der Waals surface area contributed by atoms with Crippen molar-refractivity contribution in [3.63, 3.8) is 0 Å². The second kappa shape index (κ2) is 11.0. The molecule has 0 unspecified atom stereocenters. The van der Waals surface area contributed by atoms with E-state index in [-0.39, 0.29) is 44.3 Å². The molecule has 2 nitrogen and oxygen atoms in total. The molecule has 0 aliphatic heterocycles. The number of aliphatic hydroxyl groups is 1. The molecule has 0 aliphatic rings. The quantitative estimate of drug-likeness (QED) is 0.427. The predicted octanol–water partition coefficient (Wildman–Crippen LogP) is -0.511. The minimum atomic E-state index is 0. The molecule has 0 heterocycles. The van der Waals surface area contributed by atoms with Crippen molar-refractivity contribution in [2.45, 2.75) is 13.3 Å². The van der Waals surface area contributed by atoms with Gasteiger partial charge in [0.05, 0.1) is 13.2 Å². The second-order valence-corrected chi connectivity index (χ2v) is 1.34. The Morgan fingerprint density at radius 2 is 2.00 bits per heavy atom. The molecule has 0 saturated heterocycles. The Morgan fingerprint density at radius 1 is 1.38 bits per heavy atom. The zero-order valence-electron chi connectivity index (χ0n) is 4.68. The summed E-state index contributed by atoms with van der Waals surface area (Å²) in [6.45, 7) is 3.42. The van der Waals surface area contributed by atoms with Crippen molar-refractivity contribution in [3.05, 3.63) is 0 Å². The minimum absolute atomic E-state index is 0. The summed E-state index contributed by atoms with van der Waals surface area (Å²) >= 11 is 0. The van der Waals surface area contributed by atoms with E-state index in [2.05, 4.69) is 0 Å². The maximum atomic E-state index is 8.17. The summed E-state index contributed by atoms with van der Waals surface area (Å²) in [4.78, 5) is 0. The van der Waals surface area contributed by atoms with E-state index < -0.39 is 0 Å². The van der Waals surface area contributed by atoms with Gasteiger partial charge in [0.25, 0.3) is 0 Å². The summed E-state index contributed by atoms with van der Waals surface area (Å²) in [6, 6.07) is 0. The molecule has 1 N–H and O–H groups in total. The van der Waals surface area contributed by atoms with E-state index in [4.69, 9.17) is 9.84 Å². The van der Waals surface area contributed by atoms with Gasteiger partial charge in [-0.1, -0.05) is 6.92 Å². The second-order valence-electron chi connectivity index (χ2n) is 1.34. The zero-order valence-corrected chi connectivity index (χ0v) is 4.68. The molecule has 3 heteroatoms. The van der Waals surface area contributed by atoms with Gasteiger partial charge in [0.15, 0.2) is 0 Å². The molecule has 0 amide bonds. The van der Waals surface area contributed by atoms with Gasteiger partial charge in [0.1, 0.15) is 0 Å². The molecule has 0 atom stereocenters. The van der Waals surface area contributed by atoms with Gasteiger partial charge in [-0.3, -0.25) is 0 Å². The van der Waals surface area contributed by atoms with E-state index in [1.165, 1.54) is 0 Å². The van der Waals surface area contributed by atoms with Crippen LogP contribution in [0.25, 0.3) is 0 Å². The van der Waals surface area contributed by atoms with Crippen LogP contribution in [0.15, 0.2) is 0 Å². The van der Waals surface area contributed by atoms with Crippen molar-refractivity contribution >= 4 is 37.7 Å². The first-order valence-corrected chi connectivity index (χ1v) is 2.60. The third kappa shape index (κ3) is 10.2. The molecule has 0 aromatic heterocycles. The molecule has 0 aromatic rings. The van der Waals surface area contributed by atoms with Crippen LogP contribution in [-0.2, 0) is 4.74 Å². The van der Waals surface area contributed by atoms with E-state index in [0.29, 0.717) is 6.61 Å². The fraction of sp³-hybridized carbons (Fsp3) is 1.00. The van der Waals surface area contributed by atoms with Crippen molar-refractivity contribution in [1.29, 1.82) is 0 Å². The first kappa shape index (κ1) is 11.9. The Balaban J connectivity index is 0. The Bertz CT molecular complexity index is 29.6. The Morgan fingerprint density at radius 3 is 2.38 bits per heavy atom. The van der Waals surface area contributed by atoms with Crippen molar-refractivity contribution in [2.75, 3.05) is 19.8 Å². The standard InChI is InChI=1S/C5H12O2.Ca.2H/c1-2-4-7-5-3-6;;;/h6H,2-5H2,1H3;;;. The average molecular weight is 146 g/mol. The third-order valence-corrected chi connectivity index (χ3v) is 0.584. The molecular weight excluding hydrogens is 132 g/mol. The molecule has 48 valence electrons. The van der Waals surface area contributed by atoms with Crippen LogP contribution in [0.4, 0.5) is 0 Å². The molecule has 0 aromatic carbocycles. The van der Waals surface area contributed by atoms with E-state index >= 15 is 0 Å². The summed E-state index contributed by atoms with van der Waals surface area (Å²) in [5.74, 6) is 0. The van der Waals surface area contributed by atoms with Gasteiger partial charge in [-0.15, -0.1) is 0 Å². The Kier molecular flexibility index (Phi) is 16.4. The van der Waals surface area contributed by atoms with Crippen LogP contribution in [-0.4, -0.2) is 62.7 Å². The van der Waals surface area contributed by atoms with Gasteiger partial charge in [-0.25, -0.2) is 0 Å². The first-order chi connectivity index (χ1) is 3.41. The predicted molar refractivity (Wildman–Crippen MR) is 36.7 cm³/mol. The van der Waals surface area contributed by atoms with Gasteiger partial charge in [-0.05, 0) is 6.42 Å². The van der Waals surface area contributed by atoms with Crippen LogP contribution in [0.2, 0.25) is 0 Å². The zero-order chi connectivity index (χ0) is 5.54. The number of ether oxygens (including phenoxy) is 1. The van der Waals surface area contributed by atoms with Crippen LogP contribution in [0.1, 0.15) is 13.3 Å². The fourth-order valence-corrected chi connectivity index (χ4v) is 0.311. The number of hydrogen-bond acceptors (Lipinski definition) is 2. The molecule has 0 saturated carbocycles. The maximum absolute atomic E-state index is 8.17. The molecule has 0 fully saturated rings. The molecule has 0 bridgehead atoms. The van der Waals surface area contributed by atoms with E-state index in [0.717, 1.165) is 13.0 Å². The van der Waals surface area contributed by atoms with Gasteiger partial charge in [0, 0.05) is 6.61 Å². The summed E-state index contributed by atoms with van der Waals surface area (Å²) in [5, 5.41) is 8.17. The van der Waals surface area contributed by atoms with Gasteiger partial charge < -0.3 is 9.84 Å². The molecular formula is C5H14CaO2. The number of aliphatic hydroxyl groups excluding tert-OH is 1. The number of rotatable bonds is 4. The molecule has 8 heavy (non-hydrogen) atoms. The van der Waals surface area contributed by atoms with Crippen molar-refractivity contribution in [1.82, 2.24) is 0 Å². The Labute approximate surface area is 80.2 Å². The van der Waals surface area contributed by atoms with E-state index in [1.54, 1.807) is 0 Å². The SMILES string of the molecule is CCCOCCO.[CaH2]. The van der Waals surface area contributed by atoms with Gasteiger partial charge >= 0.3 is 37.7 Å². The molecule has 0 radical (unpaired) electrons. The summed E-state index contributed by atoms with van der Waals surface area (Å²) < 4.78 is 4.88. The normalized spacial score (nSPS) is 8.25. The van der Waals surface area contributed by atoms with E-state index in [9.17, 15) is 0 Å². The van der Waals surface area contributed by atoms with Crippen LogP contribution < -0.4 is 0 Å². The van der Waals surface area contributed by atoms with Crippen molar-refractivity contribution in [3.8, 4) is 0 Å². The summed E-state index contributed by atoms with van der Waals surface area (Å²) in [5.41, 5.74) is 0. The van der Waals surface area contributed by atoms with Gasteiger partial charge in [0.2, 0.25) is 0 Å². The molecule has 0 aliphatic carbocycles. The topological polar surface area (TPSA) is 29.5 Å². The van der Waals surface area contributed by atoms with Crippen LogP contribution >= 0.6 is 0 Å². The fourth-order valence-electron chi connectivity index (χ4n) is 0.311.